The highest BCUT2D eigenvalue weighted by molar-refractivity contribution is 7.10. The number of carbonyl (C=O) groups excluding carboxylic acids is 2. The average molecular weight is 512 g/mol. The number of hydrogen-bond donors (Lipinski definition) is 1. The number of hydrogen-bond acceptors (Lipinski definition) is 6. The van der Waals surface area contributed by atoms with E-state index in [1.165, 1.54) is 16.2 Å². The number of ketones is 1. The second-order valence-electron chi connectivity index (χ2n) is 8.51. The lowest BCUT2D eigenvalue weighted by Crippen LogP contribution is -2.29. The molecule has 1 amide bonds. The summed E-state index contributed by atoms with van der Waals surface area (Å²) in [7, 11) is 0. The summed E-state index contributed by atoms with van der Waals surface area (Å²) >= 11 is 1.42. The van der Waals surface area contributed by atoms with Crippen LogP contribution in [0.2, 0.25) is 0 Å². The summed E-state index contributed by atoms with van der Waals surface area (Å²) in [6, 6.07) is 24.5. The lowest BCUT2D eigenvalue weighted by Gasteiger charge is -2.24. The summed E-state index contributed by atoms with van der Waals surface area (Å²) in [4.78, 5) is 28.9. The second-order valence-corrected chi connectivity index (χ2v) is 9.49. The molecule has 4 aromatic rings. The van der Waals surface area contributed by atoms with Crippen LogP contribution >= 0.6 is 11.3 Å². The molecule has 1 fully saturated rings. The molecule has 1 unspecified atom stereocenters. The number of Topliss-reactive ketones (excluding diaryl/α,β-unsaturated/α-hetero) is 1. The summed E-state index contributed by atoms with van der Waals surface area (Å²) in [5.74, 6) is 0.358. The molecule has 1 atom stereocenters. The summed E-state index contributed by atoms with van der Waals surface area (Å²) in [6.07, 6.45) is 0. The van der Waals surface area contributed by atoms with Crippen LogP contribution in [0.1, 0.15) is 29.0 Å². The van der Waals surface area contributed by atoms with E-state index in [0.717, 1.165) is 10.4 Å². The van der Waals surface area contributed by atoms with Crippen molar-refractivity contribution < 1.29 is 24.2 Å². The van der Waals surface area contributed by atoms with Crippen molar-refractivity contribution in [2.75, 3.05) is 11.5 Å². The van der Waals surface area contributed by atoms with Gasteiger partial charge in [0.2, 0.25) is 0 Å². The first-order valence-corrected chi connectivity index (χ1v) is 12.8. The van der Waals surface area contributed by atoms with Crippen LogP contribution in [0.15, 0.2) is 95.9 Å². The van der Waals surface area contributed by atoms with Gasteiger partial charge in [0.1, 0.15) is 29.0 Å². The Morgan fingerprint density at radius 2 is 1.68 bits per heavy atom. The first-order chi connectivity index (χ1) is 18.0. The zero-order chi connectivity index (χ0) is 25.9. The third-order valence-electron chi connectivity index (χ3n) is 6.10. The molecule has 0 saturated carbocycles. The summed E-state index contributed by atoms with van der Waals surface area (Å²) in [5, 5.41) is 13.2. The molecule has 3 aromatic carbocycles. The minimum Gasteiger partial charge on any atom is -0.507 e. The van der Waals surface area contributed by atoms with E-state index >= 15 is 0 Å². The van der Waals surface area contributed by atoms with Gasteiger partial charge >= 0.3 is 0 Å². The summed E-state index contributed by atoms with van der Waals surface area (Å²) < 4.78 is 11.5. The van der Waals surface area contributed by atoms with Crippen LogP contribution in [0.25, 0.3) is 5.76 Å². The highest BCUT2D eigenvalue weighted by atomic mass is 32.1. The molecule has 7 heteroatoms. The molecule has 6 nitrogen and oxygen atoms in total. The molecular formula is C30H25NO5S. The Hall–Kier alpha value is -4.36. The molecule has 5 rings (SSSR count). The Balaban J connectivity index is 1.54. The number of anilines is 1. The van der Waals surface area contributed by atoms with Crippen LogP contribution in [0.3, 0.4) is 0 Å². The van der Waals surface area contributed by atoms with Crippen molar-refractivity contribution in [1.82, 2.24) is 0 Å². The van der Waals surface area contributed by atoms with Crippen molar-refractivity contribution in [3.63, 3.8) is 0 Å². The van der Waals surface area contributed by atoms with Crippen LogP contribution in [0.5, 0.6) is 17.2 Å². The quantitative estimate of drug-likeness (QED) is 0.166. The SMILES string of the molecule is CCOc1ccc(/C(O)=C2/C(=O)C(=O)N(c3ccc(Oc4ccccc4)cc3)C2c2cccs2)cc1C. The number of para-hydroxylation sites is 1. The molecule has 0 spiro atoms. The highest BCUT2D eigenvalue weighted by Crippen LogP contribution is 2.44. The summed E-state index contributed by atoms with van der Waals surface area (Å²) in [5.41, 5.74) is 1.86. The number of aliphatic hydroxyl groups is 1. The van der Waals surface area contributed by atoms with E-state index in [0.29, 0.717) is 35.1 Å². The van der Waals surface area contributed by atoms with Gasteiger partial charge in [-0.15, -0.1) is 11.3 Å². The number of aliphatic hydroxyl groups excluding tert-OH is 1. The van der Waals surface area contributed by atoms with E-state index in [9.17, 15) is 14.7 Å². The number of aryl methyl sites for hydroxylation is 1. The lowest BCUT2D eigenvalue weighted by molar-refractivity contribution is -0.132. The largest absolute Gasteiger partial charge is 0.507 e. The monoisotopic (exact) mass is 511 g/mol. The van der Waals surface area contributed by atoms with E-state index in [2.05, 4.69) is 0 Å². The first-order valence-electron chi connectivity index (χ1n) is 11.9. The zero-order valence-corrected chi connectivity index (χ0v) is 21.2. The highest BCUT2D eigenvalue weighted by Gasteiger charge is 2.47. The fourth-order valence-corrected chi connectivity index (χ4v) is 5.21. The topological polar surface area (TPSA) is 76.1 Å². The Morgan fingerprint density at radius 3 is 2.32 bits per heavy atom. The molecule has 1 aliphatic heterocycles. The number of amides is 1. The van der Waals surface area contributed by atoms with Crippen LogP contribution in [-0.2, 0) is 9.59 Å². The van der Waals surface area contributed by atoms with Gasteiger partial charge in [-0.05, 0) is 85.5 Å². The zero-order valence-electron chi connectivity index (χ0n) is 20.4. The van der Waals surface area contributed by atoms with Crippen molar-refractivity contribution in [2.24, 2.45) is 0 Å². The molecule has 0 aliphatic carbocycles. The fraction of sp³-hybridized carbons (Fsp3) is 0.133. The standard InChI is InChI=1S/C30H25NO5S/c1-3-35-24-16-11-20(18-19(24)2)28(32)26-27(25-10-7-17-37-25)31(30(34)29(26)33)21-12-14-23(15-13-21)36-22-8-5-4-6-9-22/h4-18,27,32H,3H2,1-2H3/b28-26-. The number of ether oxygens (including phenoxy) is 2. The van der Waals surface area contributed by atoms with Crippen molar-refractivity contribution in [3.05, 3.63) is 112 Å². The minimum atomic E-state index is -0.757. The molecular weight excluding hydrogens is 486 g/mol. The van der Waals surface area contributed by atoms with Gasteiger partial charge in [0, 0.05) is 16.1 Å². The maximum atomic E-state index is 13.3. The first kappa shape index (κ1) is 24.3. The van der Waals surface area contributed by atoms with E-state index in [1.807, 2.05) is 61.7 Å². The smallest absolute Gasteiger partial charge is 0.300 e. The number of nitrogens with zero attached hydrogens (tertiary/aromatic N) is 1. The number of rotatable bonds is 7. The predicted molar refractivity (Wildman–Crippen MR) is 144 cm³/mol. The van der Waals surface area contributed by atoms with Crippen LogP contribution < -0.4 is 14.4 Å². The van der Waals surface area contributed by atoms with Crippen molar-refractivity contribution in [2.45, 2.75) is 19.9 Å². The summed E-state index contributed by atoms with van der Waals surface area (Å²) in [6.45, 7) is 4.29. The predicted octanol–water partition coefficient (Wildman–Crippen LogP) is 6.87. The van der Waals surface area contributed by atoms with Crippen molar-refractivity contribution in [1.29, 1.82) is 0 Å². The molecule has 1 aromatic heterocycles. The molecule has 37 heavy (non-hydrogen) atoms. The maximum Gasteiger partial charge on any atom is 0.300 e. The average Bonchev–Trinajstić information content (AvgIpc) is 3.53. The van der Waals surface area contributed by atoms with Crippen LogP contribution in [0, 0.1) is 6.92 Å². The molecule has 0 radical (unpaired) electrons. The normalized spacial score (nSPS) is 16.7. The molecule has 2 heterocycles. The number of thiophene rings is 1. The molecule has 186 valence electrons. The maximum absolute atomic E-state index is 13.3. The van der Waals surface area contributed by atoms with Gasteiger partial charge < -0.3 is 14.6 Å². The molecule has 1 saturated heterocycles. The fourth-order valence-electron chi connectivity index (χ4n) is 4.38. The second kappa shape index (κ2) is 10.3. The van der Waals surface area contributed by atoms with Gasteiger partial charge in [0.15, 0.2) is 0 Å². The lowest BCUT2D eigenvalue weighted by atomic mass is 9.98. The van der Waals surface area contributed by atoms with E-state index in [1.54, 1.807) is 42.5 Å². The Kier molecular flexibility index (Phi) is 6.79. The third-order valence-corrected chi connectivity index (χ3v) is 7.02. The van der Waals surface area contributed by atoms with Gasteiger partial charge in [-0.3, -0.25) is 14.5 Å². The van der Waals surface area contributed by atoms with Gasteiger partial charge in [-0.25, -0.2) is 0 Å². The molecule has 1 aliphatic rings. The minimum absolute atomic E-state index is 0.0561. The molecule has 0 bridgehead atoms. The molecule has 1 N–H and O–H groups in total. The Labute approximate surface area is 219 Å². The van der Waals surface area contributed by atoms with E-state index < -0.39 is 17.7 Å². The Bertz CT molecular complexity index is 1460. The van der Waals surface area contributed by atoms with Gasteiger partial charge in [-0.1, -0.05) is 24.3 Å². The van der Waals surface area contributed by atoms with Gasteiger partial charge in [-0.2, -0.15) is 0 Å². The van der Waals surface area contributed by atoms with E-state index in [4.69, 9.17) is 9.47 Å². The van der Waals surface area contributed by atoms with Crippen LogP contribution in [0.4, 0.5) is 5.69 Å². The van der Waals surface area contributed by atoms with Gasteiger partial charge in [0.05, 0.1) is 12.2 Å². The van der Waals surface area contributed by atoms with Gasteiger partial charge in [0.25, 0.3) is 11.7 Å². The van der Waals surface area contributed by atoms with Crippen molar-refractivity contribution >= 4 is 34.5 Å². The Morgan fingerprint density at radius 1 is 0.946 bits per heavy atom. The van der Waals surface area contributed by atoms with Crippen LogP contribution in [-0.4, -0.2) is 23.4 Å². The third kappa shape index (κ3) is 4.73. The van der Waals surface area contributed by atoms with Crippen molar-refractivity contribution in [3.8, 4) is 17.2 Å². The number of benzene rings is 3. The number of carbonyl (C=O) groups is 2. The van der Waals surface area contributed by atoms with E-state index in [-0.39, 0.29) is 11.3 Å².